The summed E-state index contributed by atoms with van der Waals surface area (Å²) in [7, 11) is 8.57. The fourth-order valence-corrected chi connectivity index (χ4v) is 7.78. The minimum absolute atomic E-state index is 0. The highest BCUT2D eigenvalue weighted by molar-refractivity contribution is 5.90. The zero-order valence-electron chi connectivity index (χ0n) is 36.1. The van der Waals surface area contributed by atoms with Crippen LogP contribution in [0.4, 0.5) is 0 Å². The Morgan fingerprint density at radius 3 is 1.98 bits per heavy atom. The predicted molar refractivity (Wildman–Crippen MR) is 220 cm³/mol. The van der Waals surface area contributed by atoms with Crippen LogP contribution < -0.4 is 10.6 Å². The maximum Gasteiger partial charge on any atom is 0.245 e. The molecule has 3 N–H and O–H groups in total. The topological polar surface area (TPSA) is 141 Å². The number of aliphatic hydroxyl groups excluding tert-OH is 1. The minimum Gasteiger partial charge on any atom is -0.386 e. The van der Waals surface area contributed by atoms with E-state index in [9.17, 15) is 24.3 Å². The lowest BCUT2D eigenvalue weighted by atomic mass is 9.89. The second kappa shape index (κ2) is 23.8. The molecule has 0 aliphatic carbocycles. The molecular weight excluding hydrogens is 686 g/mol. The van der Waals surface area contributed by atoms with Crippen molar-refractivity contribution >= 4 is 23.6 Å². The number of aliphatic hydroxyl groups is 1. The van der Waals surface area contributed by atoms with Crippen molar-refractivity contribution in [2.45, 2.75) is 143 Å². The average Bonchev–Trinajstić information content (AvgIpc) is 3.63. The first-order valence-corrected chi connectivity index (χ1v) is 20.0. The van der Waals surface area contributed by atoms with E-state index in [1.54, 1.807) is 44.9 Å². The number of nitrogens with zero attached hydrogens (tertiary/aromatic N) is 3. The van der Waals surface area contributed by atoms with Gasteiger partial charge in [-0.05, 0) is 57.2 Å². The van der Waals surface area contributed by atoms with Crippen molar-refractivity contribution in [3.63, 3.8) is 0 Å². The van der Waals surface area contributed by atoms with E-state index in [4.69, 9.17) is 9.47 Å². The van der Waals surface area contributed by atoms with E-state index >= 15 is 0 Å². The SMILES string of the molecule is CC.CC[C@H](C)[C@@H]([C@@H](CC(=O)N1CCC[C@H]1[C@H](OC)[C@@H](C)C(=O)N[C@H](C)[C@@H](O)c1ccccc1)OC)N(C)C(=O)[C@@H](NC(=O)[C@H](C(C)C)N(C)C)C(C)C.[HH].[HH]. The number of methoxy groups -OCH3 is 2. The van der Waals surface area contributed by atoms with Crippen LogP contribution in [0.3, 0.4) is 0 Å². The van der Waals surface area contributed by atoms with Crippen LogP contribution in [-0.4, -0.2) is 128 Å². The number of amides is 4. The smallest absolute Gasteiger partial charge is 0.245 e. The Balaban J connectivity index is 0. The number of rotatable bonds is 20. The van der Waals surface area contributed by atoms with E-state index in [1.807, 2.05) is 105 Å². The third-order valence-corrected chi connectivity index (χ3v) is 10.9. The zero-order chi connectivity index (χ0) is 41.4. The Kier molecular flexibility index (Phi) is 21.5. The van der Waals surface area contributed by atoms with Gasteiger partial charge in [-0.25, -0.2) is 0 Å². The Morgan fingerprint density at radius 2 is 1.50 bits per heavy atom. The molecule has 0 unspecified atom stereocenters. The van der Waals surface area contributed by atoms with Gasteiger partial charge >= 0.3 is 0 Å². The Bertz CT molecular complexity index is 1280. The van der Waals surface area contributed by atoms with Crippen molar-refractivity contribution < 1.29 is 36.6 Å². The number of hydrogen-bond donors (Lipinski definition) is 3. The van der Waals surface area contributed by atoms with Gasteiger partial charge in [-0.3, -0.25) is 24.1 Å². The van der Waals surface area contributed by atoms with Crippen molar-refractivity contribution in [3.8, 4) is 0 Å². The standard InChI is InChI=1S/C40H69N5O7.C2H6.2H2/c1-14-26(6)35(44(11)40(50)33(24(2)3)42-39(49)34(25(4)5)43(9)10)31(51-12)23-32(46)45-22-18-21-30(45)37(52-13)27(7)38(48)41-28(8)36(47)29-19-16-15-17-20-29;1-2;;/h15-17,19-20,24-28,30-31,33-37,47H,14,18,21-23H2,1-13H3,(H,41,48)(H,42,49);1-2H3;2*1H/t26-,27+,28+,30-,31+,33-,34-,35-,36+,37+;;;/m0.../s1. The lowest BCUT2D eigenvalue weighted by molar-refractivity contribution is -0.148. The fraction of sp³-hybridized carbons (Fsp3) is 0.762. The van der Waals surface area contributed by atoms with Gasteiger partial charge in [-0.1, -0.05) is 99.1 Å². The number of ether oxygens (including phenoxy) is 2. The molecular formula is C42H79N5O7. The molecule has 1 aliphatic heterocycles. The molecule has 1 saturated heterocycles. The van der Waals surface area contributed by atoms with E-state index in [2.05, 4.69) is 10.6 Å². The van der Waals surface area contributed by atoms with Gasteiger partial charge in [0.1, 0.15) is 6.04 Å². The Hall–Kier alpha value is -3.06. The van der Waals surface area contributed by atoms with Gasteiger partial charge in [-0.2, -0.15) is 0 Å². The number of carbonyl (C=O) groups excluding carboxylic acids is 4. The molecule has 0 radical (unpaired) electrons. The molecule has 4 amide bonds. The van der Waals surface area contributed by atoms with Crippen LogP contribution in [0.5, 0.6) is 0 Å². The van der Waals surface area contributed by atoms with Gasteiger partial charge < -0.3 is 35.0 Å². The van der Waals surface area contributed by atoms with Crippen LogP contribution >= 0.6 is 0 Å². The van der Waals surface area contributed by atoms with Gasteiger partial charge in [0, 0.05) is 30.7 Å². The first kappa shape index (κ1) is 49.0. The molecule has 314 valence electrons. The minimum atomic E-state index is -0.876. The van der Waals surface area contributed by atoms with Crippen molar-refractivity contribution in [1.29, 1.82) is 0 Å². The van der Waals surface area contributed by atoms with Crippen LogP contribution in [0, 0.1) is 23.7 Å². The molecule has 10 atom stereocenters. The van der Waals surface area contributed by atoms with Crippen molar-refractivity contribution in [2.24, 2.45) is 23.7 Å². The lowest BCUT2D eigenvalue weighted by Gasteiger charge is -2.41. The number of nitrogens with one attached hydrogen (secondary N) is 2. The monoisotopic (exact) mass is 766 g/mol. The van der Waals surface area contributed by atoms with Crippen LogP contribution in [0.15, 0.2) is 30.3 Å². The molecule has 54 heavy (non-hydrogen) atoms. The van der Waals surface area contributed by atoms with Crippen LogP contribution in [0.1, 0.15) is 109 Å². The number of hydrogen-bond acceptors (Lipinski definition) is 8. The quantitative estimate of drug-likeness (QED) is 0.161. The highest BCUT2D eigenvalue weighted by Crippen LogP contribution is 2.30. The molecule has 12 heteroatoms. The highest BCUT2D eigenvalue weighted by atomic mass is 16.5. The summed E-state index contributed by atoms with van der Waals surface area (Å²) in [6.45, 7) is 20.0. The maximum absolute atomic E-state index is 14.2. The first-order valence-electron chi connectivity index (χ1n) is 20.0. The molecule has 1 aromatic carbocycles. The molecule has 0 aromatic heterocycles. The molecule has 0 spiro atoms. The summed E-state index contributed by atoms with van der Waals surface area (Å²) in [4.78, 5) is 60.6. The second-order valence-corrected chi connectivity index (χ2v) is 15.6. The summed E-state index contributed by atoms with van der Waals surface area (Å²) in [5.74, 6) is -1.57. The second-order valence-electron chi connectivity index (χ2n) is 15.6. The number of likely N-dealkylation sites (N-methyl/N-ethyl adjacent to an activating group) is 2. The van der Waals surface area contributed by atoms with E-state index in [1.165, 1.54) is 0 Å². The van der Waals surface area contributed by atoms with Crippen LogP contribution in [-0.2, 0) is 28.7 Å². The summed E-state index contributed by atoms with van der Waals surface area (Å²) < 4.78 is 11.9. The van der Waals surface area contributed by atoms with Crippen LogP contribution in [0.2, 0.25) is 0 Å². The van der Waals surface area contributed by atoms with E-state index in [0.717, 1.165) is 12.8 Å². The zero-order valence-corrected chi connectivity index (χ0v) is 36.1. The summed E-state index contributed by atoms with van der Waals surface area (Å²) in [5.41, 5.74) is 0.711. The van der Waals surface area contributed by atoms with Gasteiger partial charge in [0.15, 0.2) is 0 Å². The summed E-state index contributed by atoms with van der Waals surface area (Å²) >= 11 is 0. The molecule has 1 aliphatic rings. The summed E-state index contributed by atoms with van der Waals surface area (Å²) in [6.07, 6.45) is 0.148. The first-order chi connectivity index (χ1) is 25.4. The van der Waals surface area contributed by atoms with E-state index < -0.39 is 48.4 Å². The van der Waals surface area contributed by atoms with Crippen molar-refractivity contribution in [3.05, 3.63) is 35.9 Å². The maximum atomic E-state index is 14.2. The van der Waals surface area contributed by atoms with Crippen LogP contribution in [0.25, 0.3) is 0 Å². The van der Waals surface area contributed by atoms with E-state index in [0.29, 0.717) is 18.5 Å². The number of carbonyl (C=O) groups is 4. The van der Waals surface area contributed by atoms with Gasteiger partial charge in [0.2, 0.25) is 23.6 Å². The third-order valence-electron chi connectivity index (χ3n) is 10.9. The predicted octanol–water partition coefficient (Wildman–Crippen LogP) is 5.39. The van der Waals surface area contributed by atoms with Gasteiger partial charge in [0.25, 0.3) is 0 Å². The Labute approximate surface area is 330 Å². The van der Waals surface area contributed by atoms with Crippen molar-refractivity contribution in [1.82, 2.24) is 25.3 Å². The van der Waals surface area contributed by atoms with E-state index in [-0.39, 0.29) is 56.7 Å². The van der Waals surface area contributed by atoms with Crippen molar-refractivity contribution in [2.75, 3.05) is 41.9 Å². The largest absolute Gasteiger partial charge is 0.386 e. The average molecular weight is 766 g/mol. The summed E-state index contributed by atoms with van der Waals surface area (Å²) in [6, 6.07) is 6.72. The molecule has 1 fully saturated rings. The number of benzene rings is 1. The molecule has 1 aromatic rings. The van der Waals surface area contributed by atoms with Gasteiger partial charge in [-0.15, -0.1) is 0 Å². The molecule has 2 rings (SSSR count). The Morgan fingerprint density at radius 1 is 0.907 bits per heavy atom. The van der Waals surface area contributed by atoms with Gasteiger partial charge in [0.05, 0.1) is 54.8 Å². The summed E-state index contributed by atoms with van der Waals surface area (Å²) in [5, 5.41) is 16.8. The normalized spacial score (nSPS) is 19.5. The molecule has 1 heterocycles. The third kappa shape index (κ3) is 13.0. The fourth-order valence-electron chi connectivity index (χ4n) is 7.78. The molecule has 0 bridgehead atoms. The lowest BCUT2D eigenvalue weighted by Crippen LogP contribution is -2.59. The molecule has 12 nitrogen and oxygen atoms in total. The highest BCUT2D eigenvalue weighted by Gasteiger charge is 2.43. The molecule has 0 saturated carbocycles. The number of likely N-dealkylation sites (tertiary alicyclic amines) is 1.